The number of carbonyl (C=O) groups excluding carboxylic acids is 3. The van der Waals surface area contributed by atoms with E-state index < -0.39 is 68.7 Å². The molecule has 1 aromatic rings. The number of aliphatic hydroxyl groups excluding tert-OH is 1. The maximum Gasteiger partial charge on any atom is 0.339 e. The summed E-state index contributed by atoms with van der Waals surface area (Å²) < 4.78 is 31.2. The smallest absolute Gasteiger partial charge is 0.339 e. The predicted octanol–water partition coefficient (Wildman–Crippen LogP) is 3.59. The summed E-state index contributed by atoms with van der Waals surface area (Å²) in [6, 6.07) is 1.80. The molecule has 218 valence electrons. The quantitative estimate of drug-likeness (QED) is 0.310. The Kier molecular flexibility index (Phi) is 4.28. The standard InChI is InChI=1S/C32H36O9/c1-26(2)31-12-6-11-29(19(33)20(31)34)18(30(31)16-38-25(36)28(24(30)41-26)9-4-5-10-28)7-13-27(3)21(17-8-14-37-15-17)39-23(35)22-32(27,29)40-22/h6,8,12,14-15,18-19,21-22,24,33H,4-5,7,9-11,13,16H2,1-3H3/t18-,19+,21-,22+,24-,27-,29-,30-,31+,32+/m0/s1. The van der Waals surface area contributed by atoms with Crippen molar-refractivity contribution in [3.63, 3.8) is 0 Å². The monoisotopic (exact) mass is 564 g/mol. The van der Waals surface area contributed by atoms with Crippen molar-refractivity contribution in [1.29, 1.82) is 0 Å². The lowest BCUT2D eigenvalue weighted by Gasteiger charge is -2.69. The molecule has 1 N–H and O–H groups in total. The average Bonchev–Trinajstić information content (AvgIpc) is 3.22. The third-order valence-corrected chi connectivity index (χ3v) is 13.6. The molecule has 4 saturated heterocycles. The number of allylic oxidation sites excluding steroid dienone is 1. The zero-order valence-electron chi connectivity index (χ0n) is 23.6. The summed E-state index contributed by atoms with van der Waals surface area (Å²) in [5, 5.41) is 12.4. The molecule has 1 aromatic heterocycles. The Morgan fingerprint density at radius 1 is 0.976 bits per heavy atom. The number of Topliss-reactive ketones (excluding diaryl/α,β-unsaturated/α-hetero) is 1. The van der Waals surface area contributed by atoms with Gasteiger partial charge in [-0.25, -0.2) is 4.79 Å². The molecule has 10 rings (SSSR count). The van der Waals surface area contributed by atoms with Gasteiger partial charge in [0.25, 0.3) is 0 Å². The Morgan fingerprint density at radius 2 is 1.76 bits per heavy atom. The second-order valence-corrected chi connectivity index (χ2v) is 14.8. The molecular weight excluding hydrogens is 528 g/mol. The minimum atomic E-state index is -1.40. The van der Waals surface area contributed by atoms with Crippen molar-refractivity contribution in [2.24, 2.45) is 33.0 Å². The van der Waals surface area contributed by atoms with Crippen molar-refractivity contribution in [3.8, 4) is 0 Å². The van der Waals surface area contributed by atoms with E-state index >= 15 is 4.79 Å². The highest BCUT2D eigenvalue weighted by Crippen LogP contribution is 2.85. The van der Waals surface area contributed by atoms with Crippen LogP contribution in [0.15, 0.2) is 35.2 Å². The minimum absolute atomic E-state index is 0.0456. The van der Waals surface area contributed by atoms with Gasteiger partial charge in [0.15, 0.2) is 11.9 Å². The first-order chi connectivity index (χ1) is 19.5. The van der Waals surface area contributed by atoms with Crippen molar-refractivity contribution in [3.05, 3.63) is 36.3 Å². The number of carbonyl (C=O) groups is 3. The fourth-order valence-corrected chi connectivity index (χ4v) is 12.2. The van der Waals surface area contributed by atoms with E-state index in [-0.39, 0.29) is 24.3 Å². The molecular formula is C32H36O9. The molecule has 0 radical (unpaired) electrons. The van der Waals surface area contributed by atoms with Crippen molar-refractivity contribution in [2.75, 3.05) is 6.61 Å². The predicted molar refractivity (Wildman–Crippen MR) is 139 cm³/mol. The van der Waals surface area contributed by atoms with Crippen LogP contribution >= 0.6 is 0 Å². The van der Waals surface area contributed by atoms with Crippen LogP contribution in [0.3, 0.4) is 0 Å². The molecule has 3 saturated carbocycles. The molecule has 0 amide bonds. The molecule has 5 spiro atoms. The Bertz CT molecular complexity index is 1440. The first-order valence-corrected chi connectivity index (χ1v) is 15.2. The first-order valence-electron chi connectivity index (χ1n) is 15.2. The highest BCUT2D eigenvalue weighted by molar-refractivity contribution is 5.98. The maximum absolute atomic E-state index is 15.0. The number of epoxide rings is 1. The van der Waals surface area contributed by atoms with E-state index in [9.17, 15) is 14.7 Å². The third kappa shape index (κ3) is 2.17. The Labute approximate surface area is 237 Å². The minimum Gasteiger partial charge on any atom is -0.472 e. The van der Waals surface area contributed by atoms with E-state index in [4.69, 9.17) is 23.4 Å². The number of aliphatic hydroxyl groups is 1. The summed E-state index contributed by atoms with van der Waals surface area (Å²) in [5.41, 5.74) is -6.20. The summed E-state index contributed by atoms with van der Waals surface area (Å²) in [4.78, 5) is 42.2. The molecule has 10 atom stereocenters. The number of cyclic esters (lactones) is 2. The lowest BCUT2D eigenvalue weighted by atomic mass is 9.32. The number of furan rings is 1. The van der Waals surface area contributed by atoms with Gasteiger partial charge in [-0.15, -0.1) is 0 Å². The highest BCUT2D eigenvalue weighted by atomic mass is 16.7. The van der Waals surface area contributed by atoms with Crippen molar-refractivity contribution >= 4 is 17.7 Å². The van der Waals surface area contributed by atoms with Gasteiger partial charge in [0.2, 0.25) is 0 Å². The molecule has 9 heteroatoms. The molecule has 9 aliphatic rings. The van der Waals surface area contributed by atoms with E-state index in [1.54, 1.807) is 18.6 Å². The third-order valence-electron chi connectivity index (χ3n) is 13.6. The number of fused-ring (bicyclic) bond motifs is 3. The van der Waals surface area contributed by atoms with Gasteiger partial charge in [-0.2, -0.15) is 0 Å². The van der Waals surface area contributed by atoms with Crippen LogP contribution in [0.25, 0.3) is 0 Å². The fourth-order valence-electron chi connectivity index (χ4n) is 12.2. The number of hydrogen-bond donors (Lipinski definition) is 1. The van der Waals surface area contributed by atoms with Crippen LogP contribution in [0.5, 0.6) is 0 Å². The zero-order chi connectivity index (χ0) is 28.4. The molecule has 41 heavy (non-hydrogen) atoms. The van der Waals surface area contributed by atoms with Crippen molar-refractivity contribution < 1.29 is 42.9 Å². The second kappa shape index (κ2) is 7.00. The average molecular weight is 565 g/mol. The second-order valence-electron chi connectivity index (χ2n) is 14.8. The number of hydrogen-bond acceptors (Lipinski definition) is 9. The Morgan fingerprint density at radius 3 is 2.49 bits per heavy atom. The Balaban J connectivity index is 1.32. The number of ketones is 1. The summed E-state index contributed by atoms with van der Waals surface area (Å²) in [6.07, 6.45) is 8.40. The molecule has 4 aliphatic heterocycles. The van der Waals surface area contributed by atoms with Gasteiger partial charge >= 0.3 is 11.9 Å². The lowest BCUT2D eigenvalue weighted by molar-refractivity contribution is -0.273. The van der Waals surface area contributed by atoms with E-state index in [1.165, 1.54) is 0 Å². The summed E-state index contributed by atoms with van der Waals surface area (Å²) in [6.45, 7) is 5.98. The van der Waals surface area contributed by atoms with E-state index in [1.807, 2.05) is 26.0 Å². The summed E-state index contributed by atoms with van der Waals surface area (Å²) in [5.74, 6) is -1.32. The fraction of sp³-hybridized carbons (Fsp3) is 0.719. The molecule has 0 unspecified atom stereocenters. The SMILES string of the molecule is CC1(C)O[C@H]2C3(CCCC3)C(=O)OC[C@]23[C@H]2CC[C@@]4(C)[C@H](c5ccoc5)OC(=O)[C@H]5O[C@]54[C@@]24CC=C[C@@]13C(=O)[C@H]4O. The topological polar surface area (TPSA) is 125 Å². The highest BCUT2D eigenvalue weighted by Gasteiger charge is 2.95. The van der Waals surface area contributed by atoms with Gasteiger partial charge in [-0.3, -0.25) is 9.59 Å². The molecule has 7 fully saturated rings. The van der Waals surface area contributed by atoms with Gasteiger partial charge in [0, 0.05) is 16.4 Å². The van der Waals surface area contributed by atoms with Crippen LogP contribution in [-0.4, -0.2) is 58.9 Å². The number of esters is 2. The molecule has 2 bridgehead atoms. The van der Waals surface area contributed by atoms with Gasteiger partial charge in [0.05, 0.1) is 40.5 Å². The lowest BCUT2D eigenvalue weighted by Crippen LogP contribution is -2.80. The Hall–Kier alpha value is -2.49. The first kappa shape index (κ1) is 25.0. The van der Waals surface area contributed by atoms with Crippen LogP contribution in [0.4, 0.5) is 0 Å². The van der Waals surface area contributed by atoms with Crippen LogP contribution < -0.4 is 0 Å². The van der Waals surface area contributed by atoms with Crippen LogP contribution in [0.1, 0.15) is 77.4 Å². The molecule has 5 heterocycles. The molecule has 5 aliphatic carbocycles. The number of ether oxygens (including phenoxy) is 4. The van der Waals surface area contributed by atoms with Crippen LogP contribution in [0.2, 0.25) is 0 Å². The van der Waals surface area contributed by atoms with Crippen molar-refractivity contribution in [2.45, 2.75) is 101 Å². The normalized spacial score (nSPS) is 53.0. The number of rotatable bonds is 1. The van der Waals surface area contributed by atoms with E-state index in [0.29, 0.717) is 32.1 Å². The van der Waals surface area contributed by atoms with Gasteiger partial charge in [-0.05, 0) is 57.9 Å². The summed E-state index contributed by atoms with van der Waals surface area (Å²) >= 11 is 0. The maximum atomic E-state index is 15.0. The zero-order valence-corrected chi connectivity index (χ0v) is 23.6. The summed E-state index contributed by atoms with van der Waals surface area (Å²) in [7, 11) is 0. The molecule has 9 nitrogen and oxygen atoms in total. The van der Waals surface area contributed by atoms with Gasteiger partial charge in [-0.1, -0.05) is 31.9 Å². The van der Waals surface area contributed by atoms with Crippen molar-refractivity contribution in [1.82, 2.24) is 0 Å². The van der Waals surface area contributed by atoms with E-state index in [2.05, 4.69) is 6.92 Å². The van der Waals surface area contributed by atoms with E-state index in [0.717, 1.165) is 18.4 Å². The van der Waals surface area contributed by atoms with Gasteiger partial charge in [0.1, 0.15) is 24.4 Å². The van der Waals surface area contributed by atoms with Gasteiger partial charge < -0.3 is 28.5 Å². The largest absolute Gasteiger partial charge is 0.472 e. The molecule has 0 aromatic carbocycles. The van der Waals surface area contributed by atoms with Crippen LogP contribution in [-0.2, 0) is 33.3 Å². The van der Waals surface area contributed by atoms with Crippen LogP contribution in [0, 0.1) is 33.0 Å².